The topological polar surface area (TPSA) is 96.8 Å². The average Bonchev–Trinajstić information content (AvgIpc) is 3.36. The molecule has 0 saturated heterocycles. The van der Waals surface area contributed by atoms with Gasteiger partial charge in [0.15, 0.2) is 0 Å². The van der Waals surface area contributed by atoms with Crippen molar-refractivity contribution in [2.75, 3.05) is 0 Å². The number of carbonyl (C=O) groups is 1. The number of rotatable bonds is 5. The highest BCUT2D eigenvalue weighted by Gasteiger charge is 2.38. The van der Waals surface area contributed by atoms with Crippen LogP contribution < -0.4 is 4.18 Å². The molecular weight excluding hydrogens is 448 g/mol. The van der Waals surface area contributed by atoms with Gasteiger partial charge < -0.3 is 9.71 Å². The molecule has 0 N–H and O–H groups in total. The molecule has 1 radical (unpaired) electrons. The Morgan fingerprint density at radius 3 is 2.15 bits per heavy atom. The maximum absolute atomic E-state index is 13.2. The van der Waals surface area contributed by atoms with Crippen LogP contribution in [0, 0.1) is 6.07 Å². The minimum atomic E-state index is -4.30. The molecule has 1 saturated carbocycles. The Morgan fingerprint density at radius 2 is 1.50 bits per heavy atom. The lowest BCUT2D eigenvalue weighted by atomic mass is 9.73. The van der Waals surface area contributed by atoms with E-state index in [1.165, 1.54) is 17.7 Å². The van der Waals surface area contributed by atoms with E-state index in [1.54, 1.807) is 24.3 Å². The quantitative estimate of drug-likeness (QED) is 0.300. The van der Waals surface area contributed by atoms with Crippen LogP contribution in [0.4, 0.5) is 0 Å². The molecule has 1 fully saturated rings. The Balaban J connectivity index is 1.48. The fourth-order valence-corrected chi connectivity index (χ4v) is 6.17. The van der Waals surface area contributed by atoms with E-state index in [1.807, 2.05) is 24.3 Å². The van der Waals surface area contributed by atoms with Gasteiger partial charge in [-0.1, -0.05) is 73.5 Å². The SMILES string of the molecule is [N-]=[N+]=C1C=C(S(=O)(=O)Oc2ccc(C3(c4cc[c]cc4)CCCC3)cc2)c2ccccc2C1=O. The van der Waals surface area contributed by atoms with E-state index in [0.717, 1.165) is 37.3 Å². The molecule has 169 valence electrons. The minimum absolute atomic E-state index is 0.107. The number of ketones is 1. The van der Waals surface area contributed by atoms with Gasteiger partial charge in [-0.15, -0.1) is 0 Å². The summed E-state index contributed by atoms with van der Waals surface area (Å²) in [6, 6.07) is 24.5. The van der Waals surface area contributed by atoms with Crippen molar-refractivity contribution in [2.24, 2.45) is 0 Å². The summed E-state index contributed by atoms with van der Waals surface area (Å²) >= 11 is 0. The standard InChI is InChI=1S/C27H21N2O4S/c28-29-24-18-25(22-10-4-5-11-23(22)26(24)30)34(31,32)33-21-14-12-20(13-15-21)27(16-6-7-17-27)19-8-2-1-3-9-19/h2-5,8-15,18H,6-7,16-17H2. The van der Waals surface area contributed by atoms with E-state index in [0.29, 0.717) is 0 Å². The normalized spacial score (nSPS) is 17.0. The van der Waals surface area contributed by atoms with Crippen molar-refractivity contribution in [3.05, 3.63) is 113 Å². The Bertz CT molecular complexity index is 1450. The zero-order chi connectivity index (χ0) is 23.8. The van der Waals surface area contributed by atoms with Crippen molar-refractivity contribution < 1.29 is 22.2 Å². The highest BCUT2D eigenvalue weighted by molar-refractivity contribution is 7.96. The molecule has 34 heavy (non-hydrogen) atoms. The zero-order valence-electron chi connectivity index (χ0n) is 18.3. The molecule has 0 heterocycles. The minimum Gasteiger partial charge on any atom is -0.379 e. The maximum Gasteiger partial charge on any atom is 0.364 e. The van der Waals surface area contributed by atoms with E-state index in [9.17, 15) is 18.7 Å². The van der Waals surface area contributed by atoms with E-state index in [-0.39, 0.29) is 32.9 Å². The summed E-state index contributed by atoms with van der Waals surface area (Å²) in [5.74, 6) is -0.391. The Labute approximate surface area is 198 Å². The van der Waals surface area contributed by atoms with Crippen LogP contribution in [0.15, 0.2) is 78.9 Å². The number of hydrogen-bond acceptors (Lipinski definition) is 4. The van der Waals surface area contributed by atoms with Crippen LogP contribution in [-0.4, -0.2) is 24.7 Å². The van der Waals surface area contributed by atoms with Crippen molar-refractivity contribution in [3.63, 3.8) is 0 Å². The number of Topliss-reactive ketones (excluding diaryl/α,β-unsaturated/α-hetero) is 1. The number of hydrogen-bond donors (Lipinski definition) is 0. The molecule has 3 aromatic rings. The number of allylic oxidation sites excluding steroid dienone is 1. The van der Waals surface area contributed by atoms with Gasteiger partial charge in [-0.2, -0.15) is 13.2 Å². The van der Waals surface area contributed by atoms with Gasteiger partial charge in [0.2, 0.25) is 0 Å². The molecule has 0 atom stereocenters. The van der Waals surface area contributed by atoms with E-state index >= 15 is 0 Å². The number of benzene rings is 3. The molecule has 0 amide bonds. The summed E-state index contributed by atoms with van der Waals surface area (Å²) in [5.41, 5.74) is 11.4. The van der Waals surface area contributed by atoms with Crippen LogP contribution in [0.5, 0.6) is 5.75 Å². The molecule has 3 aromatic carbocycles. The van der Waals surface area contributed by atoms with Crippen molar-refractivity contribution in [3.8, 4) is 5.75 Å². The molecule has 0 aliphatic heterocycles. The highest BCUT2D eigenvalue weighted by Crippen LogP contribution is 2.46. The van der Waals surface area contributed by atoms with Crippen LogP contribution in [-0.2, 0) is 15.5 Å². The van der Waals surface area contributed by atoms with E-state index < -0.39 is 15.9 Å². The van der Waals surface area contributed by atoms with Gasteiger partial charge >= 0.3 is 15.8 Å². The lowest BCUT2D eigenvalue weighted by Gasteiger charge is -2.30. The molecule has 0 spiro atoms. The number of fused-ring (bicyclic) bond motifs is 1. The molecule has 5 rings (SSSR count). The molecule has 2 aliphatic rings. The van der Waals surface area contributed by atoms with Crippen LogP contribution >= 0.6 is 0 Å². The summed E-state index contributed by atoms with van der Waals surface area (Å²) in [5, 5.41) is 0. The van der Waals surface area contributed by atoms with Crippen LogP contribution in [0.2, 0.25) is 0 Å². The third-order valence-corrected chi connectivity index (χ3v) is 7.94. The second-order valence-electron chi connectivity index (χ2n) is 8.51. The monoisotopic (exact) mass is 469 g/mol. The van der Waals surface area contributed by atoms with Gasteiger partial charge in [0.05, 0.1) is 6.08 Å². The molecule has 0 aromatic heterocycles. The summed E-state index contributed by atoms with van der Waals surface area (Å²) in [6.07, 6.45) is 5.35. The fourth-order valence-electron chi connectivity index (χ4n) is 5.01. The first-order valence-electron chi connectivity index (χ1n) is 11.0. The predicted octanol–water partition coefficient (Wildman–Crippen LogP) is 4.96. The lowest BCUT2D eigenvalue weighted by molar-refractivity contribution is -0.00437. The maximum atomic E-state index is 13.2. The Kier molecular flexibility index (Phi) is 5.52. The van der Waals surface area contributed by atoms with E-state index in [4.69, 9.17) is 4.18 Å². The third-order valence-electron chi connectivity index (χ3n) is 6.66. The first-order valence-corrected chi connectivity index (χ1v) is 12.4. The third kappa shape index (κ3) is 3.69. The van der Waals surface area contributed by atoms with Gasteiger partial charge in [0, 0.05) is 16.5 Å². The average molecular weight is 470 g/mol. The zero-order valence-corrected chi connectivity index (χ0v) is 19.1. The van der Waals surface area contributed by atoms with Crippen molar-refractivity contribution in [1.29, 1.82) is 0 Å². The summed E-state index contributed by atoms with van der Waals surface area (Å²) in [7, 11) is -4.30. The predicted molar refractivity (Wildman–Crippen MR) is 128 cm³/mol. The van der Waals surface area contributed by atoms with Gasteiger partial charge in [-0.05, 0) is 42.2 Å². The van der Waals surface area contributed by atoms with Crippen LogP contribution in [0.25, 0.3) is 10.4 Å². The molecule has 2 aliphatic carbocycles. The largest absolute Gasteiger partial charge is 0.379 e. The molecule has 7 heteroatoms. The van der Waals surface area contributed by atoms with E-state index in [2.05, 4.69) is 23.0 Å². The van der Waals surface area contributed by atoms with Gasteiger partial charge in [0.25, 0.3) is 5.78 Å². The number of nitrogens with zero attached hydrogens (tertiary/aromatic N) is 2. The molecular formula is C27H21N2O4S. The second-order valence-corrected chi connectivity index (χ2v) is 10.0. The first kappa shape index (κ1) is 22.0. The highest BCUT2D eigenvalue weighted by atomic mass is 32.2. The molecule has 0 unspecified atom stereocenters. The van der Waals surface area contributed by atoms with Crippen LogP contribution in [0.3, 0.4) is 0 Å². The van der Waals surface area contributed by atoms with Crippen molar-refractivity contribution >= 4 is 26.5 Å². The lowest BCUT2D eigenvalue weighted by Crippen LogP contribution is -2.24. The number of carbonyl (C=O) groups excluding carboxylic acids is 1. The second kappa shape index (κ2) is 8.52. The fraction of sp³-hybridized carbons (Fsp3) is 0.185. The van der Waals surface area contributed by atoms with Gasteiger partial charge in [-0.25, -0.2) is 0 Å². The summed E-state index contributed by atoms with van der Waals surface area (Å²) < 4.78 is 31.8. The van der Waals surface area contributed by atoms with Gasteiger partial charge in [0.1, 0.15) is 10.7 Å². The van der Waals surface area contributed by atoms with Crippen molar-refractivity contribution in [1.82, 2.24) is 0 Å². The first-order chi connectivity index (χ1) is 16.4. The Morgan fingerprint density at radius 1 is 0.882 bits per heavy atom. The van der Waals surface area contributed by atoms with Crippen molar-refractivity contribution in [2.45, 2.75) is 31.1 Å². The molecule has 6 nitrogen and oxygen atoms in total. The Hall–Kier alpha value is -3.80. The van der Waals surface area contributed by atoms with Crippen LogP contribution in [0.1, 0.15) is 52.7 Å². The smallest absolute Gasteiger partial charge is 0.364 e. The summed E-state index contributed by atoms with van der Waals surface area (Å²) in [4.78, 5) is 15.1. The van der Waals surface area contributed by atoms with Gasteiger partial charge in [-0.3, -0.25) is 4.79 Å². The molecule has 0 bridgehead atoms. The summed E-state index contributed by atoms with van der Waals surface area (Å²) in [6.45, 7) is 0.